The van der Waals surface area contributed by atoms with Crippen molar-refractivity contribution in [1.29, 1.82) is 0 Å². The summed E-state index contributed by atoms with van der Waals surface area (Å²) >= 11 is 0. The molecule has 1 fully saturated rings. The second-order valence-electron chi connectivity index (χ2n) is 5.42. The summed E-state index contributed by atoms with van der Waals surface area (Å²) in [5, 5.41) is 0. The number of hydrogen-bond donors (Lipinski definition) is 2. The first-order chi connectivity index (χ1) is 8.80. The van der Waals surface area contributed by atoms with Gasteiger partial charge in [-0.1, -0.05) is 26.0 Å². The third-order valence-electron chi connectivity index (χ3n) is 3.88. The molecule has 3 N–H and O–H groups in total. The molecular formula is C13H21N3O2S. The summed E-state index contributed by atoms with van der Waals surface area (Å²) in [6, 6.07) is 7.01. The van der Waals surface area contributed by atoms with Gasteiger partial charge in [-0.15, -0.1) is 0 Å². The van der Waals surface area contributed by atoms with Gasteiger partial charge in [0, 0.05) is 13.1 Å². The summed E-state index contributed by atoms with van der Waals surface area (Å²) in [5.41, 5.74) is 6.75. The molecule has 1 aliphatic rings. The average molecular weight is 283 g/mol. The Kier molecular flexibility index (Phi) is 3.59. The molecule has 0 aliphatic carbocycles. The zero-order valence-corrected chi connectivity index (χ0v) is 12.4. The second kappa shape index (κ2) is 4.77. The van der Waals surface area contributed by atoms with Gasteiger partial charge in [-0.25, -0.2) is 13.1 Å². The highest BCUT2D eigenvalue weighted by Gasteiger charge is 2.43. The van der Waals surface area contributed by atoms with Crippen LogP contribution in [-0.4, -0.2) is 34.1 Å². The van der Waals surface area contributed by atoms with Crippen LogP contribution < -0.4 is 15.4 Å². The minimum Gasteiger partial charge on any atom is -0.367 e. The standard InChI is InChI=1S/C13H21N3O2S/c1-10(2)13(14)8-16(9-13)11-6-4-5-7-12(11)19(17,18)15-3/h4-7,10,15H,8-9,14H2,1-3H3. The maximum Gasteiger partial charge on any atom is 0.242 e. The highest BCUT2D eigenvalue weighted by atomic mass is 32.2. The molecule has 0 aromatic heterocycles. The lowest BCUT2D eigenvalue weighted by Crippen LogP contribution is -2.70. The molecule has 1 heterocycles. The molecule has 0 bridgehead atoms. The molecule has 0 atom stereocenters. The first kappa shape index (κ1) is 14.3. The van der Waals surface area contributed by atoms with Crippen LogP contribution in [0.4, 0.5) is 5.69 Å². The number of para-hydroxylation sites is 1. The smallest absolute Gasteiger partial charge is 0.242 e. The normalized spacial score (nSPS) is 18.5. The number of sulfonamides is 1. The number of benzene rings is 1. The number of hydrogen-bond acceptors (Lipinski definition) is 4. The Morgan fingerprint density at radius 1 is 1.32 bits per heavy atom. The maximum atomic E-state index is 12.0. The lowest BCUT2D eigenvalue weighted by Gasteiger charge is -2.52. The van der Waals surface area contributed by atoms with Crippen LogP contribution in [0.1, 0.15) is 13.8 Å². The molecule has 0 spiro atoms. The highest BCUT2D eigenvalue weighted by molar-refractivity contribution is 7.89. The molecule has 1 saturated heterocycles. The Morgan fingerprint density at radius 2 is 1.89 bits per heavy atom. The molecule has 0 saturated carbocycles. The molecule has 106 valence electrons. The van der Waals surface area contributed by atoms with Gasteiger partial charge in [-0.2, -0.15) is 0 Å². The van der Waals surface area contributed by atoms with Crippen LogP contribution in [0.5, 0.6) is 0 Å². The monoisotopic (exact) mass is 283 g/mol. The van der Waals surface area contributed by atoms with E-state index < -0.39 is 10.0 Å². The van der Waals surface area contributed by atoms with Crippen molar-refractivity contribution < 1.29 is 8.42 Å². The molecule has 1 aliphatic heterocycles. The van der Waals surface area contributed by atoms with E-state index in [1.165, 1.54) is 7.05 Å². The topological polar surface area (TPSA) is 75.4 Å². The molecular weight excluding hydrogens is 262 g/mol. The van der Waals surface area contributed by atoms with Crippen molar-refractivity contribution >= 4 is 15.7 Å². The van der Waals surface area contributed by atoms with E-state index in [-0.39, 0.29) is 5.54 Å². The van der Waals surface area contributed by atoms with Crippen LogP contribution in [0, 0.1) is 5.92 Å². The van der Waals surface area contributed by atoms with Gasteiger partial charge in [-0.3, -0.25) is 0 Å². The number of anilines is 1. The average Bonchev–Trinajstić information content (AvgIpc) is 2.34. The van der Waals surface area contributed by atoms with Crippen molar-refractivity contribution in [2.75, 3.05) is 25.0 Å². The van der Waals surface area contributed by atoms with Gasteiger partial charge in [0.1, 0.15) is 4.90 Å². The van der Waals surface area contributed by atoms with Crippen LogP contribution in [0.25, 0.3) is 0 Å². The van der Waals surface area contributed by atoms with Crippen LogP contribution in [0.3, 0.4) is 0 Å². The fourth-order valence-corrected chi connectivity index (χ4v) is 3.21. The number of rotatable bonds is 4. The number of nitrogens with one attached hydrogen (secondary N) is 1. The predicted molar refractivity (Wildman–Crippen MR) is 76.7 cm³/mol. The molecule has 6 heteroatoms. The largest absolute Gasteiger partial charge is 0.367 e. The molecule has 0 radical (unpaired) electrons. The third kappa shape index (κ3) is 2.48. The summed E-state index contributed by atoms with van der Waals surface area (Å²) in [7, 11) is -2.02. The van der Waals surface area contributed by atoms with Gasteiger partial charge in [0.2, 0.25) is 10.0 Å². The highest BCUT2D eigenvalue weighted by Crippen LogP contribution is 2.34. The first-order valence-electron chi connectivity index (χ1n) is 6.36. The zero-order valence-electron chi connectivity index (χ0n) is 11.6. The lowest BCUT2D eigenvalue weighted by atomic mass is 9.80. The van der Waals surface area contributed by atoms with E-state index in [0.29, 0.717) is 23.9 Å². The fourth-order valence-electron chi connectivity index (χ4n) is 2.26. The van der Waals surface area contributed by atoms with Crippen molar-refractivity contribution in [3.63, 3.8) is 0 Å². The van der Waals surface area contributed by atoms with Crippen molar-refractivity contribution in [1.82, 2.24) is 4.72 Å². The van der Waals surface area contributed by atoms with Crippen LogP contribution in [0.2, 0.25) is 0 Å². The molecule has 1 aromatic carbocycles. The van der Waals surface area contributed by atoms with E-state index in [0.717, 1.165) is 5.69 Å². The van der Waals surface area contributed by atoms with E-state index in [9.17, 15) is 8.42 Å². The van der Waals surface area contributed by atoms with E-state index in [1.54, 1.807) is 12.1 Å². The molecule has 19 heavy (non-hydrogen) atoms. The predicted octanol–water partition coefficient (Wildman–Crippen LogP) is 0.768. The summed E-state index contributed by atoms with van der Waals surface area (Å²) in [4.78, 5) is 2.33. The maximum absolute atomic E-state index is 12.0. The Bertz CT molecular complexity index is 563. The van der Waals surface area contributed by atoms with Gasteiger partial charge in [-0.05, 0) is 25.1 Å². The fraction of sp³-hybridized carbons (Fsp3) is 0.538. The van der Waals surface area contributed by atoms with E-state index in [4.69, 9.17) is 5.73 Å². The van der Waals surface area contributed by atoms with Gasteiger partial charge >= 0.3 is 0 Å². The van der Waals surface area contributed by atoms with E-state index in [2.05, 4.69) is 18.6 Å². The molecule has 5 nitrogen and oxygen atoms in total. The zero-order chi connectivity index (χ0) is 14.3. The van der Waals surface area contributed by atoms with Crippen molar-refractivity contribution in [3.8, 4) is 0 Å². The molecule has 0 unspecified atom stereocenters. The summed E-state index contributed by atoms with van der Waals surface area (Å²) in [5.74, 6) is 0.372. The lowest BCUT2D eigenvalue weighted by molar-refractivity contribution is 0.244. The Labute approximate surface area is 114 Å². The van der Waals surface area contributed by atoms with Gasteiger partial charge < -0.3 is 10.6 Å². The summed E-state index contributed by atoms with van der Waals surface area (Å²) in [6.45, 7) is 5.54. The first-order valence-corrected chi connectivity index (χ1v) is 7.85. The van der Waals surface area contributed by atoms with Crippen molar-refractivity contribution in [2.45, 2.75) is 24.3 Å². The number of nitrogens with two attached hydrogens (primary N) is 1. The quantitative estimate of drug-likeness (QED) is 0.856. The van der Waals surface area contributed by atoms with Gasteiger partial charge in [0.05, 0.1) is 11.2 Å². The van der Waals surface area contributed by atoms with Gasteiger partial charge in [0.15, 0.2) is 0 Å². The van der Waals surface area contributed by atoms with E-state index in [1.807, 2.05) is 17.0 Å². The minimum atomic E-state index is -3.44. The second-order valence-corrected chi connectivity index (χ2v) is 7.27. The minimum absolute atomic E-state index is 0.226. The van der Waals surface area contributed by atoms with Gasteiger partial charge in [0.25, 0.3) is 0 Å². The number of nitrogens with zero attached hydrogens (tertiary/aromatic N) is 1. The molecule has 2 rings (SSSR count). The third-order valence-corrected chi connectivity index (χ3v) is 5.35. The Hall–Kier alpha value is -1.11. The van der Waals surface area contributed by atoms with E-state index >= 15 is 0 Å². The summed E-state index contributed by atoms with van der Waals surface area (Å²) < 4.78 is 26.3. The van der Waals surface area contributed by atoms with Crippen LogP contribution in [0.15, 0.2) is 29.2 Å². The van der Waals surface area contributed by atoms with Crippen molar-refractivity contribution in [2.24, 2.45) is 11.7 Å². The SMILES string of the molecule is CNS(=O)(=O)c1ccccc1N1CC(N)(C(C)C)C1. The molecule has 1 aromatic rings. The molecule has 0 amide bonds. The van der Waals surface area contributed by atoms with Crippen LogP contribution in [-0.2, 0) is 10.0 Å². The Morgan fingerprint density at radius 3 is 2.42 bits per heavy atom. The van der Waals surface area contributed by atoms with Crippen molar-refractivity contribution in [3.05, 3.63) is 24.3 Å². The van der Waals surface area contributed by atoms with Crippen LogP contribution >= 0.6 is 0 Å². The Balaban J connectivity index is 2.30. The summed E-state index contributed by atoms with van der Waals surface area (Å²) in [6.07, 6.45) is 0.